The third kappa shape index (κ3) is 13.9. The van der Waals surface area contributed by atoms with Gasteiger partial charge in [0.1, 0.15) is 0 Å². The smallest absolute Gasteiger partial charge is 0.00489 e. The van der Waals surface area contributed by atoms with Gasteiger partial charge < -0.3 is 11.1 Å². The summed E-state index contributed by atoms with van der Waals surface area (Å²) < 4.78 is 0. The van der Waals surface area contributed by atoms with E-state index in [1.54, 1.807) is 0 Å². The molecule has 0 rings (SSSR count). The standard InChI is InChI=1S/C13H30N2/c1-2-3-4-9-12-15-13-10-7-5-6-8-11-14/h15H,2-14H2,1H3. The fraction of sp³-hybridized carbons (Fsp3) is 1.00. The van der Waals surface area contributed by atoms with Crippen LogP contribution >= 0.6 is 0 Å². The predicted octanol–water partition coefficient (Wildman–Crippen LogP) is 3.07. The molecule has 0 atom stereocenters. The van der Waals surface area contributed by atoms with Crippen molar-refractivity contribution >= 4 is 0 Å². The summed E-state index contributed by atoms with van der Waals surface area (Å²) in [5.74, 6) is 0. The molecule has 0 aliphatic carbocycles. The SMILES string of the molecule is CCCCCCNCCCCCCCN. The number of nitrogens with two attached hydrogens (primary N) is 1. The molecular formula is C13H30N2. The summed E-state index contributed by atoms with van der Waals surface area (Å²) in [6.45, 7) is 5.53. The quantitative estimate of drug-likeness (QED) is 0.490. The van der Waals surface area contributed by atoms with E-state index >= 15 is 0 Å². The summed E-state index contributed by atoms with van der Waals surface area (Å²) in [6, 6.07) is 0. The summed E-state index contributed by atoms with van der Waals surface area (Å²) in [5, 5.41) is 3.51. The lowest BCUT2D eigenvalue weighted by Crippen LogP contribution is -2.16. The average Bonchev–Trinajstić information content (AvgIpc) is 2.26. The summed E-state index contributed by atoms with van der Waals surface area (Å²) in [4.78, 5) is 0. The lowest BCUT2D eigenvalue weighted by atomic mass is 10.1. The maximum atomic E-state index is 5.44. The monoisotopic (exact) mass is 214 g/mol. The van der Waals surface area contributed by atoms with E-state index in [1.807, 2.05) is 0 Å². The van der Waals surface area contributed by atoms with Gasteiger partial charge in [-0.25, -0.2) is 0 Å². The van der Waals surface area contributed by atoms with E-state index in [1.165, 1.54) is 70.9 Å². The van der Waals surface area contributed by atoms with Crippen molar-refractivity contribution in [2.75, 3.05) is 19.6 Å². The first kappa shape index (κ1) is 14.9. The zero-order valence-electron chi connectivity index (χ0n) is 10.6. The zero-order chi connectivity index (χ0) is 11.2. The van der Waals surface area contributed by atoms with E-state index in [9.17, 15) is 0 Å². The fourth-order valence-corrected chi connectivity index (χ4v) is 1.73. The Morgan fingerprint density at radius 3 is 1.87 bits per heavy atom. The Balaban J connectivity index is 2.81. The van der Waals surface area contributed by atoms with Gasteiger partial charge in [-0.05, 0) is 38.9 Å². The van der Waals surface area contributed by atoms with E-state index in [4.69, 9.17) is 5.73 Å². The van der Waals surface area contributed by atoms with Crippen molar-refractivity contribution in [1.82, 2.24) is 5.32 Å². The molecule has 3 N–H and O–H groups in total. The maximum Gasteiger partial charge on any atom is -0.00489 e. The van der Waals surface area contributed by atoms with Gasteiger partial charge in [0.2, 0.25) is 0 Å². The first-order valence-corrected chi connectivity index (χ1v) is 6.82. The molecule has 2 nitrogen and oxygen atoms in total. The highest BCUT2D eigenvalue weighted by molar-refractivity contribution is 4.50. The molecule has 15 heavy (non-hydrogen) atoms. The third-order valence-corrected chi connectivity index (χ3v) is 2.76. The minimum atomic E-state index is 0.857. The molecule has 0 unspecified atom stereocenters. The van der Waals surface area contributed by atoms with Crippen molar-refractivity contribution in [1.29, 1.82) is 0 Å². The minimum absolute atomic E-state index is 0.857. The van der Waals surface area contributed by atoms with Gasteiger partial charge in [0, 0.05) is 0 Å². The van der Waals surface area contributed by atoms with Crippen LogP contribution in [0.5, 0.6) is 0 Å². The van der Waals surface area contributed by atoms with Crippen LogP contribution in [0.2, 0.25) is 0 Å². The van der Waals surface area contributed by atoms with E-state index in [0.29, 0.717) is 0 Å². The van der Waals surface area contributed by atoms with Crippen molar-refractivity contribution in [3.8, 4) is 0 Å². The van der Waals surface area contributed by atoms with Gasteiger partial charge in [0.05, 0.1) is 0 Å². The molecular weight excluding hydrogens is 184 g/mol. The Morgan fingerprint density at radius 2 is 1.27 bits per heavy atom. The highest BCUT2D eigenvalue weighted by atomic mass is 14.8. The van der Waals surface area contributed by atoms with Crippen LogP contribution in [-0.2, 0) is 0 Å². The first-order chi connectivity index (χ1) is 7.41. The highest BCUT2D eigenvalue weighted by Crippen LogP contribution is 2.01. The maximum absolute atomic E-state index is 5.44. The molecule has 0 aliphatic heterocycles. The lowest BCUT2D eigenvalue weighted by Gasteiger charge is -2.04. The molecule has 0 fully saturated rings. The van der Waals surface area contributed by atoms with Crippen LogP contribution in [0.25, 0.3) is 0 Å². The summed E-state index contributed by atoms with van der Waals surface area (Å²) >= 11 is 0. The van der Waals surface area contributed by atoms with Crippen LogP contribution in [0.4, 0.5) is 0 Å². The number of unbranched alkanes of at least 4 members (excludes halogenated alkanes) is 7. The van der Waals surface area contributed by atoms with Gasteiger partial charge in [-0.15, -0.1) is 0 Å². The van der Waals surface area contributed by atoms with Crippen LogP contribution in [0.15, 0.2) is 0 Å². The second kappa shape index (κ2) is 13.9. The van der Waals surface area contributed by atoms with Crippen molar-refractivity contribution in [3.05, 3.63) is 0 Å². The largest absolute Gasteiger partial charge is 0.330 e. The van der Waals surface area contributed by atoms with E-state index in [2.05, 4.69) is 12.2 Å². The molecule has 0 bridgehead atoms. The Labute approximate surface area is 96.0 Å². The number of hydrogen-bond acceptors (Lipinski definition) is 2. The van der Waals surface area contributed by atoms with Gasteiger partial charge >= 0.3 is 0 Å². The Kier molecular flexibility index (Phi) is 13.8. The minimum Gasteiger partial charge on any atom is -0.330 e. The summed E-state index contributed by atoms with van der Waals surface area (Å²) in [5.41, 5.74) is 5.44. The predicted molar refractivity (Wildman–Crippen MR) is 69.2 cm³/mol. The van der Waals surface area contributed by atoms with Gasteiger partial charge in [-0.3, -0.25) is 0 Å². The molecule has 0 spiro atoms. The van der Waals surface area contributed by atoms with Crippen molar-refractivity contribution in [2.45, 2.75) is 64.7 Å². The van der Waals surface area contributed by atoms with Crippen LogP contribution in [0.3, 0.4) is 0 Å². The third-order valence-electron chi connectivity index (χ3n) is 2.76. The van der Waals surface area contributed by atoms with Crippen LogP contribution in [0, 0.1) is 0 Å². The van der Waals surface area contributed by atoms with E-state index < -0.39 is 0 Å². The molecule has 0 radical (unpaired) electrons. The topological polar surface area (TPSA) is 38.0 Å². The number of nitrogens with one attached hydrogen (secondary N) is 1. The molecule has 0 saturated heterocycles. The van der Waals surface area contributed by atoms with Crippen molar-refractivity contribution in [2.24, 2.45) is 5.73 Å². The van der Waals surface area contributed by atoms with Crippen LogP contribution in [0.1, 0.15) is 64.7 Å². The molecule has 0 aromatic carbocycles. The zero-order valence-corrected chi connectivity index (χ0v) is 10.6. The molecule has 2 heteroatoms. The number of rotatable bonds is 12. The summed E-state index contributed by atoms with van der Waals surface area (Å²) in [7, 11) is 0. The molecule has 0 aromatic rings. The first-order valence-electron chi connectivity index (χ1n) is 6.82. The van der Waals surface area contributed by atoms with Gasteiger partial charge in [0.25, 0.3) is 0 Å². The normalized spacial score (nSPS) is 10.8. The highest BCUT2D eigenvalue weighted by Gasteiger charge is 1.91. The Hall–Kier alpha value is -0.0800. The molecule has 0 saturated carbocycles. The van der Waals surface area contributed by atoms with Crippen LogP contribution in [-0.4, -0.2) is 19.6 Å². The molecule has 0 heterocycles. The fourth-order valence-electron chi connectivity index (χ4n) is 1.73. The van der Waals surface area contributed by atoms with Gasteiger partial charge in [0.15, 0.2) is 0 Å². The Morgan fingerprint density at radius 1 is 0.733 bits per heavy atom. The van der Waals surface area contributed by atoms with Crippen molar-refractivity contribution in [3.63, 3.8) is 0 Å². The van der Waals surface area contributed by atoms with Crippen LogP contribution < -0.4 is 11.1 Å². The lowest BCUT2D eigenvalue weighted by molar-refractivity contribution is 0.555. The molecule has 92 valence electrons. The second-order valence-electron chi connectivity index (χ2n) is 4.37. The van der Waals surface area contributed by atoms with E-state index in [0.717, 1.165) is 6.54 Å². The van der Waals surface area contributed by atoms with Gasteiger partial charge in [-0.1, -0.05) is 45.4 Å². The van der Waals surface area contributed by atoms with Gasteiger partial charge in [-0.2, -0.15) is 0 Å². The molecule has 0 aliphatic rings. The number of hydrogen-bond donors (Lipinski definition) is 2. The van der Waals surface area contributed by atoms with E-state index in [-0.39, 0.29) is 0 Å². The molecule has 0 amide bonds. The van der Waals surface area contributed by atoms with Crippen molar-refractivity contribution < 1.29 is 0 Å². The second-order valence-corrected chi connectivity index (χ2v) is 4.37. The summed E-state index contributed by atoms with van der Waals surface area (Å²) in [6.07, 6.45) is 12.0. The molecule has 0 aromatic heterocycles. The Bertz CT molecular complexity index is 92.7. The average molecular weight is 214 g/mol.